The molecule has 6 heteroatoms. The molecule has 146 valence electrons. The van der Waals surface area contributed by atoms with Crippen LogP contribution in [0, 0.1) is 11.8 Å². The van der Waals surface area contributed by atoms with Crippen LogP contribution in [0.2, 0.25) is 0 Å². The Morgan fingerprint density at radius 3 is 2.32 bits per heavy atom. The molecule has 0 amide bonds. The molecule has 1 fully saturated rings. The summed E-state index contributed by atoms with van der Waals surface area (Å²) in [5.74, 6) is -0.436. The van der Waals surface area contributed by atoms with E-state index >= 15 is 0 Å². The summed E-state index contributed by atoms with van der Waals surface area (Å²) in [6.07, 6.45) is 8.70. The van der Waals surface area contributed by atoms with Gasteiger partial charge < -0.3 is 20.4 Å². The van der Waals surface area contributed by atoms with E-state index in [2.05, 4.69) is 0 Å². The predicted molar refractivity (Wildman–Crippen MR) is 98.8 cm³/mol. The van der Waals surface area contributed by atoms with Gasteiger partial charge in [-0.1, -0.05) is 25.7 Å². The van der Waals surface area contributed by atoms with Gasteiger partial charge in [-0.25, -0.2) is 0 Å². The highest BCUT2D eigenvalue weighted by Gasteiger charge is 2.43. The number of halogens is 1. The number of carboxylic acid groups (broad SMARTS) is 1. The molecule has 0 aromatic carbocycles. The van der Waals surface area contributed by atoms with Crippen molar-refractivity contribution in [1.82, 2.24) is 0 Å². The van der Waals surface area contributed by atoms with Crippen molar-refractivity contribution in [1.29, 1.82) is 0 Å². The van der Waals surface area contributed by atoms with Crippen LogP contribution in [0.4, 0.5) is 0 Å². The Balaban J connectivity index is 2.41. The highest BCUT2D eigenvalue weighted by Crippen LogP contribution is 2.39. The molecule has 4 atom stereocenters. The van der Waals surface area contributed by atoms with Crippen LogP contribution in [0.5, 0.6) is 0 Å². The smallest absolute Gasteiger partial charge is 0.303 e. The lowest BCUT2D eigenvalue weighted by atomic mass is 9.86. The molecule has 1 aliphatic carbocycles. The zero-order chi connectivity index (χ0) is 18.7. The molecule has 0 aromatic heterocycles. The normalized spacial score (nSPS) is 26.9. The summed E-state index contributed by atoms with van der Waals surface area (Å²) in [4.78, 5) is 10.5. The molecule has 1 aliphatic rings. The molecule has 0 unspecified atom stereocenters. The molecule has 0 aromatic rings. The first-order valence-electron chi connectivity index (χ1n) is 9.50. The van der Waals surface area contributed by atoms with E-state index < -0.39 is 18.2 Å². The van der Waals surface area contributed by atoms with E-state index in [-0.39, 0.29) is 24.0 Å². The number of rotatable bonds is 13. The lowest BCUT2D eigenvalue weighted by Crippen LogP contribution is -2.24. The van der Waals surface area contributed by atoms with E-state index in [1.807, 2.05) is 0 Å². The molecular formula is C19H33ClO5. The Hall–Kier alpha value is -0.780. The third-order valence-corrected chi connectivity index (χ3v) is 5.33. The molecule has 4 N–H and O–H groups in total. The first kappa shape index (κ1) is 22.3. The van der Waals surface area contributed by atoms with E-state index in [0.717, 1.165) is 51.4 Å². The summed E-state index contributed by atoms with van der Waals surface area (Å²) in [6, 6.07) is 0. The molecule has 25 heavy (non-hydrogen) atoms. The van der Waals surface area contributed by atoms with Crippen molar-refractivity contribution in [3.8, 4) is 0 Å². The maximum Gasteiger partial charge on any atom is 0.303 e. The van der Waals surface area contributed by atoms with Crippen LogP contribution in [0.3, 0.4) is 0 Å². The second-order valence-electron chi connectivity index (χ2n) is 7.07. The summed E-state index contributed by atoms with van der Waals surface area (Å²) in [7, 11) is 0. The number of aliphatic hydroxyl groups is 3. The fourth-order valence-electron chi connectivity index (χ4n) is 3.69. The quantitative estimate of drug-likeness (QED) is 0.221. The molecule has 1 saturated carbocycles. The zero-order valence-corrected chi connectivity index (χ0v) is 15.7. The van der Waals surface area contributed by atoms with Gasteiger partial charge in [-0.15, -0.1) is 11.6 Å². The Kier molecular flexibility index (Phi) is 11.2. The van der Waals surface area contributed by atoms with Crippen molar-refractivity contribution < 1.29 is 25.2 Å². The van der Waals surface area contributed by atoms with Crippen molar-refractivity contribution >= 4 is 17.6 Å². The number of carboxylic acids is 1. The van der Waals surface area contributed by atoms with E-state index in [1.165, 1.54) is 0 Å². The van der Waals surface area contributed by atoms with Gasteiger partial charge in [0.15, 0.2) is 0 Å². The van der Waals surface area contributed by atoms with Crippen molar-refractivity contribution in [3.05, 3.63) is 11.8 Å². The molecule has 5 nitrogen and oxygen atoms in total. The number of hydrogen-bond donors (Lipinski definition) is 4. The van der Waals surface area contributed by atoms with Crippen molar-refractivity contribution in [2.75, 3.05) is 5.88 Å². The highest BCUT2D eigenvalue weighted by atomic mass is 35.5. The summed E-state index contributed by atoms with van der Waals surface area (Å²) in [5, 5.41) is 39.4. The summed E-state index contributed by atoms with van der Waals surface area (Å²) in [6.45, 7) is 0. The van der Waals surface area contributed by atoms with Gasteiger partial charge in [0.25, 0.3) is 0 Å². The number of hydrogen-bond acceptors (Lipinski definition) is 4. The van der Waals surface area contributed by atoms with Gasteiger partial charge in [0.05, 0.1) is 18.0 Å². The highest BCUT2D eigenvalue weighted by molar-refractivity contribution is 6.17. The van der Waals surface area contributed by atoms with Crippen molar-refractivity contribution in [2.24, 2.45) is 11.8 Å². The van der Waals surface area contributed by atoms with Crippen LogP contribution in [0.25, 0.3) is 0 Å². The largest absolute Gasteiger partial charge is 0.512 e. The minimum atomic E-state index is -0.768. The van der Waals surface area contributed by atoms with Gasteiger partial charge in [-0.05, 0) is 44.1 Å². The van der Waals surface area contributed by atoms with Gasteiger partial charge in [0.2, 0.25) is 0 Å². The molecule has 0 aliphatic heterocycles. The van der Waals surface area contributed by atoms with Gasteiger partial charge in [0, 0.05) is 24.6 Å². The Bertz CT molecular complexity index is 413. The third kappa shape index (κ3) is 8.43. The Morgan fingerprint density at radius 1 is 0.960 bits per heavy atom. The van der Waals surface area contributed by atoms with Crippen LogP contribution in [0.1, 0.15) is 70.6 Å². The van der Waals surface area contributed by atoms with Crippen LogP contribution in [0.15, 0.2) is 11.8 Å². The molecular weight excluding hydrogens is 344 g/mol. The average molecular weight is 377 g/mol. The summed E-state index contributed by atoms with van der Waals surface area (Å²) in [5.41, 5.74) is 0. The first-order valence-corrected chi connectivity index (χ1v) is 10.0. The topological polar surface area (TPSA) is 98.0 Å². The van der Waals surface area contributed by atoms with Crippen LogP contribution < -0.4 is 0 Å². The minimum Gasteiger partial charge on any atom is -0.512 e. The maximum atomic E-state index is 10.5. The fraction of sp³-hybridized carbons (Fsp3) is 0.842. The van der Waals surface area contributed by atoms with Gasteiger partial charge in [-0.3, -0.25) is 4.79 Å². The minimum absolute atomic E-state index is 0.131. The molecule has 0 bridgehead atoms. The Labute approximate surface area is 155 Å². The SMILES string of the molecule is O=C(O)CCCCCC[C@@H]1[C@@H](C(O)=CCCCCCCl)[C@@H](O)C[C@@H]1O. The van der Waals surface area contributed by atoms with E-state index in [0.29, 0.717) is 18.7 Å². The standard InChI is InChI=1S/C19H33ClO5/c20-12-8-4-3-6-10-15(21)19-14(16(22)13-17(19)23)9-5-1-2-7-11-18(24)25/h10,14,16-17,19,21-23H,1-9,11-13H2,(H,24,25)/t14-,16-,17-,19-/m0/s1. The molecule has 0 heterocycles. The van der Waals surface area contributed by atoms with Gasteiger partial charge in [0.1, 0.15) is 0 Å². The fourth-order valence-corrected chi connectivity index (χ4v) is 3.88. The lowest BCUT2D eigenvalue weighted by molar-refractivity contribution is -0.137. The van der Waals surface area contributed by atoms with Crippen LogP contribution >= 0.6 is 11.6 Å². The van der Waals surface area contributed by atoms with Crippen LogP contribution in [-0.2, 0) is 4.79 Å². The summed E-state index contributed by atoms with van der Waals surface area (Å²) < 4.78 is 0. The van der Waals surface area contributed by atoms with Crippen LogP contribution in [-0.4, -0.2) is 44.5 Å². The average Bonchev–Trinajstić information content (AvgIpc) is 2.83. The van der Waals surface area contributed by atoms with E-state index in [1.54, 1.807) is 6.08 Å². The first-order chi connectivity index (χ1) is 12.0. The number of allylic oxidation sites excluding steroid dienone is 1. The van der Waals surface area contributed by atoms with E-state index in [9.17, 15) is 20.1 Å². The zero-order valence-electron chi connectivity index (χ0n) is 14.9. The molecule has 0 radical (unpaired) electrons. The number of aliphatic carboxylic acids is 1. The number of aliphatic hydroxyl groups excluding tert-OH is 3. The van der Waals surface area contributed by atoms with Crippen molar-refractivity contribution in [2.45, 2.75) is 82.8 Å². The number of carbonyl (C=O) groups is 1. The number of alkyl halides is 1. The second-order valence-corrected chi connectivity index (χ2v) is 7.45. The molecule has 1 rings (SSSR count). The van der Waals surface area contributed by atoms with Gasteiger partial charge in [-0.2, -0.15) is 0 Å². The summed E-state index contributed by atoms with van der Waals surface area (Å²) >= 11 is 5.64. The lowest BCUT2D eigenvalue weighted by Gasteiger charge is -2.23. The van der Waals surface area contributed by atoms with Gasteiger partial charge >= 0.3 is 5.97 Å². The molecule has 0 spiro atoms. The third-order valence-electron chi connectivity index (χ3n) is 5.06. The van der Waals surface area contributed by atoms with E-state index in [4.69, 9.17) is 16.7 Å². The second kappa shape index (κ2) is 12.6. The van der Waals surface area contributed by atoms with Crippen molar-refractivity contribution in [3.63, 3.8) is 0 Å². The predicted octanol–water partition coefficient (Wildman–Crippen LogP) is 4.01. The Morgan fingerprint density at radius 2 is 1.64 bits per heavy atom. The molecule has 0 saturated heterocycles. The number of unbranched alkanes of at least 4 members (excludes halogenated alkanes) is 6. The monoisotopic (exact) mass is 376 g/mol. The maximum absolute atomic E-state index is 10.5.